The van der Waals surface area contributed by atoms with Gasteiger partial charge in [0, 0.05) is 36.5 Å². The van der Waals surface area contributed by atoms with Gasteiger partial charge < -0.3 is 5.32 Å². The van der Waals surface area contributed by atoms with E-state index in [9.17, 15) is 0 Å². The molecule has 5 heteroatoms. The van der Waals surface area contributed by atoms with E-state index in [2.05, 4.69) is 61.3 Å². The lowest BCUT2D eigenvalue weighted by atomic mass is 9.92. The Morgan fingerprint density at radius 1 is 1.03 bits per heavy atom. The second kappa shape index (κ2) is 11.2. The van der Waals surface area contributed by atoms with Crippen LogP contribution in [0, 0.1) is 13.8 Å². The van der Waals surface area contributed by atoms with E-state index in [1.165, 1.54) is 33.6 Å². The molecule has 3 aromatic rings. The molecule has 1 fully saturated rings. The lowest BCUT2D eigenvalue weighted by molar-refractivity contribution is 0.141. The fourth-order valence-electron chi connectivity index (χ4n) is 4.82. The lowest BCUT2D eigenvalue weighted by Gasteiger charge is -2.35. The van der Waals surface area contributed by atoms with Gasteiger partial charge in [-0.1, -0.05) is 42.8 Å². The van der Waals surface area contributed by atoms with Gasteiger partial charge in [0.05, 0.1) is 11.4 Å². The second-order valence-corrected chi connectivity index (χ2v) is 9.86. The lowest BCUT2D eigenvalue weighted by Crippen LogP contribution is -2.43. The zero-order valence-electron chi connectivity index (χ0n) is 20.0. The molecule has 0 saturated carbocycles. The van der Waals surface area contributed by atoms with Crippen LogP contribution in [0.15, 0.2) is 54.9 Å². The Bertz CT molecular complexity index is 1040. The molecule has 1 saturated heterocycles. The van der Waals surface area contributed by atoms with Gasteiger partial charge >= 0.3 is 0 Å². The van der Waals surface area contributed by atoms with Crippen molar-refractivity contribution in [2.24, 2.45) is 0 Å². The molecule has 1 unspecified atom stereocenters. The molecule has 0 bridgehead atoms. The molecule has 1 aromatic carbocycles. The van der Waals surface area contributed by atoms with E-state index in [0.717, 1.165) is 50.5 Å². The standard InChI is InChI=1S/C28H35ClN4/c1-20-15-22(3)27(32-17-20)18-33(26-10-13-30-14-11-26)19-28-24(5-4-12-31-28)16-21(2)23-6-8-25(29)9-7-23/h4-9,12,15,17,21,26,30H,10-11,13-14,16,18-19H2,1-3H3. The maximum atomic E-state index is 6.09. The molecular formula is C28H35ClN4. The highest BCUT2D eigenvalue weighted by Crippen LogP contribution is 2.25. The molecule has 4 nitrogen and oxygen atoms in total. The number of halogens is 1. The van der Waals surface area contributed by atoms with Crippen LogP contribution in [0.25, 0.3) is 0 Å². The topological polar surface area (TPSA) is 41.1 Å². The number of benzene rings is 1. The number of piperidine rings is 1. The molecule has 0 radical (unpaired) electrons. The molecule has 1 aliphatic heterocycles. The zero-order valence-corrected chi connectivity index (χ0v) is 20.8. The normalized spacial score (nSPS) is 15.7. The Balaban J connectivity index is 1.56. The van der Waals surface area contributed by atoms with E-state index in [0.29, 0.717) is 12.0 Å². The number of rotatable bonds is 8. The minimum atomic E-state index is 0.401. The van der Waals surface area contributed by atoms with Crippen molar-refractivity contribution >= 4 is 11.6 Å². The molecule has 1 aliphatic rings. The minimum absolute atomic E-state index is 0.401. The molecular weight excluding hydrogens is 428 g/mol. The van der Waals surface area contributed by atoms with Gasteiger partial charge in [-0.25, -0.2) is 0 Å². The third-order valence-electron chi connectivity index (χ3n) is 6.80. The molecule has 0 spiro atoms. The fraction of sp³-hybridized carbons (Fsp3) is 0.429. The van der Waals surface area contributed by atoms with Crippen LogP contribution in [0.4, 0.5) is 0 Å². The monoisotopic (exact) mass is 462 g/mol. The van der Waals surface area contributed by atoms with Gasteiger partial charge in [-0.15, -0.1) is 0 Å². The summed E-state index contributed by atoms with van der Waals surface area (Å²) in [5, 5.41) is 4.29. The average molecular weight is 463 g/mol. The summed E-state index contributed by atoms with van der Waals surface area (Å²) in [6.45, 7) is 10.4. The smallest absolute Gasteiger partial charge is 0.0576 e. The Morgan fingerprint density at radius 2 is 1.76 bits per heavy atom. The Hall–Kier alpha value is -2.27. The number of pyridine rings is 2. The maximum Gasteiger partial charge on any atom is 0.0576 e. The summed E-state index contributed by atoms with van der Waals surface area (Å²) in [5.41, 5.74) is 7.48. The van der Waals surface area contributed by atoms with Crippen LogP contribution in [0.5, 0.6) is 0 Å². The van der Waals surface area contributed by atoms with E-state index < -0.39 is 0 Å². The van der Waals surface area contributed by atoms with Crippen molar-refractivity contribution < 1.29 is 0 Å². The fourth-order valence-corrected chi connectivity index (χ4v) is 4.94. The van der Waals surface area contributed by atoms with Crippen molar-refractivity contribution in [3.8, 4) is 0 Å². The molecule has 33 heavy (non-hydrogen) atoms. The van der Waals surface area contributed by atoms with Crippen LogP contribution in [0.3, 0.4) is 0 Å². The van der Waals surface area contributed by atoms with Gasteiger partial charge in [0.2, 0.25) is 0 Å². The molecule has 4 rings (SSSR count). The van der Waals surface area contributed by atoms with Gasteiger partial charge in [-0.3, -0.25) is 14.9 Å². The molecule has 1 N–H and O–H groups in total. The first-order chi connectivity index (χ1) is 16.0. The van der Waals surface area contributed by atoms with E-state index in [-0.39, 0.29) is 0 Å². The Kier molecular flexibility index (Phi) is 8.13. The number of nitrogens with one attached hydrogen (secondary N) is 1. The maximum absolute atomic E-state index is 6.09. The van der Waals surface area contributed by atoms with Gasteiger partial charge in [0.1, 0.15) is 0 Å². The van der Waals surface area contributed by atoms with Gasteiger partial charge in [0.15, 0.2) is 0 Å². The summed E-state index contributed by atoms with van der Waals surface area (Å²) in [4.78, 5) is 12.2. The Morgan fingerprint density at radius 3 is 2.48 bits per heavy atom. The molecule has 0 aliphatic carbocycles. The van der Waals surface area contributed by atoms with Crippen LogP contribution >= 0.6 is 11.6 Å². The highest BCUT2D eigenvalue weighted by atomic mass is 35.5. The minimum Gasteiger partial charge on any atom is -0.317 e. The molecule has 174 valence electrons. The molecule has 3 heterocycles. The summed E-state index contributed by atoms with van der Waals surface area (Å²) in [6, 6.07) is 15.3. The first-order valence-electron chi connectivity index (χ1n) is 12.0. The predicted octanol–water partition coefficient (Wildman–Crippen LogP) is 5.85. The Labute approximate surface area is 203 Å². The van der Waals surface area contributed by atoms with Crippen molar-refractivity contribution in [3.05, 3.63) is 93.5 Å². The molecule has 0 amide bonds. The van der Waals surface area contributed by atoms with E-state index in [4.69, 9.17) is 21.6 Å². The second-order valence-electron chi connectivity index (χ2n) is 9.43. The van der Waals surface area contributed by atoms with E-state index in [1.54, 1.807) is 0 Å². The summed E-state index contributed by atoms with van der Waals surface area (Å²) in [6.07, 6.45) is 7.21. The van der Waals surface area contributed by atoms with Gasteiger partial charge in [-0.2, -0.15) is 0 Å². The average Bonchev–Trinajstić information content (AvgIpc) is 2.82. The van der Waals surface area contributed by atoms with E-state index in [1.807, 2.05) is 24.5 Å². The van der Waals surface area contributed by atoms with E-state index >= 15 is 0 Å². The predicted molar refractivity (Wildman–Crippen MR) is 137 cm³/mol. The van der Waals surface area contributed by atoms with Crippen molar-refractivity contribution in [1.82, 2.24) is 20.2 Å². The van der Waals surface area contributed by atoms with Crippen molar-refractivity contribution in [2.45, 2.75) is 65.1 Å². The summed E-state index contributed by atoms with van der Waals surface area (Å²) >= 11 is 6.09. The highest BCUT2D eigenvalue weighted by Gasteiger charge is 2.24. The number of aromatic nitrogens is 2. The van der Waals surface area contributed by atoms with Crippen LogP contribution in [-0.2, 0) is 19.5 Å². The quantitative estimate of drug-likeness (QED) is 0.456. The summed E-state index contributed by atoms with van der Waals surface area (Å²) in [5.74, 6) is 0.401. The van der Waals surface area contributed by atoms with Gasteiger partial charge in [-0.05, 0) is 92.6 Å². The summed E-state index contributed by atoms with van der Waals surface area (Å²) in [7, 11) is 0. The highest BCUT2D eigenvalue weighted by molar-refractivity contribution is 6.30. The third-order valence-corrected chi connectivity index (χ3v) is 7.06. The van der Waals surface area contributed by atoms with Crippen molar-refractivity contribution in [1.29, 1.82) is 0 Å². The molecule has 1 atom stereocenters. The number of aryl methyl sites for hydroxylation is 2. The zero-order chi connectivity index (χ0) is 23.2. The SMILES string of the molecule is Cc1cnc(CN(Cc2ncccc2CC(C)c2ccc(Cl)cc2)C2CCNCC2)c(C)c1. The van der Waals surface area contributed by atoms with Crippen LogP contribution < -0.4 is 5.32 Å². The number of hydrogen-bond donors (Lipinski definition) is 1. The van der Waals surface area contributed by atoms with Crippen LogP contribution in [-0.4, -0.2) is 34.0 Å². The third kappa shape index (κ3) is 6.41. The summed E-state index contributed by atoms with van der Waals surface area (Å²) < 4.78 is 0. The molecule has 2 aromatic heterocycles. The van der Waals surface area contributed by atoms with Crippen LogP contribution in [0.2, 0.25) is 5.02 Å². The van der Waals surface area contributed by atoms with Crippen molar-refractivity contribution in [3.63, 3.8) is 0 Å². The number of hydrogen-bond acceptors (Lipinski definition) is 4. The largest absolute Gasteiger partial charge is 0.317 e. The van der Waals surface area contributed by atoms with Gasteiger partial charge in [0.25, 0.3) is 0 Å². The van der Waals surface area contributed by atoms with Crippen molar-refractivity contribution in [2.75, 3.05) is 13.1 Å². The first-order valence-corrected chi connectivity index (χ1v) is 12.4. The first kappa shape index (κ1) is 23.9. The number of nitrogens with zero attached hydrogens (tertiary/aromatic N) is 3. The van der Waals surface area contributed by atoms with Crippen LogP contribution in [0.1, 0.15) is 59.3 Å².